The van der Waals surface area contributed by atoms with Crippen LogP contribution < -0.4 is 5.32 Å². The molecule has 1 fully saturated rings. The lowest BCUT2D eigenvalue weighted by molar-refractivity contribution is -0.115. The number of amides is 2. The van der Waals surface area contributed by atoms with Crippen LogP contribution in [-0.4, -0.2) is 46.8 Å². The monoisotopic (exact) mass is 406 g/mol. The molecule has 1 aromatic heterocycles. The van der Waals surface area contributed by atoms with Gasteiger partial charge in [-0.1, -0.05) is 0 Å². The Morgan fingerprint density at radius 1 is 1.24 bits per heavy atom. The Morgan fingerprint density at radius 3 is 2.66 bits per heavy atom. The number of hydrogen-bond donors (Lipinski definition) is 2. The Hall–Kier alpha value is -2.97. The molecule has 1 aliphatic rings. The number of carbonyl (C=O) groups excluding carboxylic acids is 2. The van der Waals surface area contributed by atoms with Crippen LogP contribution in [0, 0.1) is 11.6 Å². The Bertz CT molecular complexity index is 866. The molecule has 156 valence electrons. The van der Waals surface area contributed by atoms with E-state index in [2.05, 4.69) is 15.5 Å². The summed E-state index contributed by atoms with van der Waals surface area (Å²) in [6.07, 6.45) is 1.64. The molecule has 1 aromatic carbocycles. The minimum absolute atomic E-state index is 0.147. The molecule has 2 atom stereocenters. The second-order valence-electron chi connectivity index (χ2n) is 7.24. The summed E-state index contributed by atoms with van der Waals surface area (Å²) in [5, 5.41) is 9.61. The molecule has 9 heteroatoms. The van der Waals surface area contributed by atoms with Crippen LogP contribution in [0.1, 0.15) is 43.4 Å². The van der Waals surface area contributed by atoms with Gasteiger partial charge in [-0.25, -0.2) is 13.6 Å². The van der Waals surface area contributed by atoms with Crippen LogP contribution in [0.2, 0.25) is 0 Å². The quantitative estimate of drug-likeness (QED) is 0.768. The van der Waals surface area contributed by atoms with Crippen molar-refractivity contribution in [3.63, 3.8) is 0 Å². The third-order valence-electron chi connectivity index (χ3n) is 5.03. The van der Waals surface area contributed by atoms with Gasteiger partial charge in [0.2, 0.25) is 5.91 Å². The molecule has 0 aliphatic heterocycles. The van der Waals surface area contributed by atoms with E-state index in [1.165, 1.54) is 4.90 Å². The number of halogens is 2. The highest BCUT2D eigenvalue weighted by Crippen LogP contribution is 2.36. The first-order chi connectivity index (χ1) is 13.8. The van der Waals surface area contributed by atoms with Crippen LogP contribution in [0.25, 0.3) is 0 Å². The van der Waals surface area contributed by atoms with Gasteiger partial charge in [0, 0.05) is 37.3 Å². The number of aromatic amines is 1. The van der Waals surface area contributed by atoms with Gasteiger partial charge in [-0.2, -0.15) is 5.10 Å². The first kappa shape index (κ1) is 20.8. The highest BCUT2D eigenvalue weighted by molar-refractivity contribution is 5.91. The number of nitrogens with zero attached hydrogens (tertiary/aromatic N) is 2. The van der Waals surface area contributed by atoms with Crippen molar-refractivity contribution < 1.29 is 23.1 Å². The molecule has 0 bridgehead atoms. The SMILES string of the molecule is CCN(C)C(=O)OC1CCC(c2cc(NC(=O)Cc3cc(F)cc(F)c3)n[nH]2)C1. The van der Waals surface area contributed by atoms with Crippen LogP contribution in [-0.2, 0) is 16.0 Å². The molecule has 2 aromatic rings. The number of ether oxygens (including phenoxy) is 1. The van der Waals surface area contributed by atoms with Crippen molar-refractivity contribution in [1.82, 2.24) is 15.1 Å². The molecule has 0 saturated heterocycles. The summed E-state index contributed by atoms with van der Waals surface area (Å²) < 4.78 is 32.0. The van der Waals surface area contributed by atoms with Crippen molar-refractivity contribution in [3.8, 4) is 0 Å². The van der Waals surface area contributed by atoms with Gasteiger partial charge in [0.25, 0.3) is 0 Å². The molecule has 2 N–H and O–H groups in total. The van der Waals surface area contributed by atoms with E-state index in [1.54, 1.807) is 13.1 Å². The van der Waals surface area contributed by atoms with Gasteiger partial charge in [-0.15, -0.1) is 0 Å². The molecule has 2 amide bonds. The zero-order chi connectivity index (χ0) is 21.0. The van der Waals surface area contributed by atoms with E-state index in [1.807, 2.05) is 6.92 Å². The molecule has 1 heterocycles. The Labute approximate surface area is 167 Å². The smallest absolute Gasteiger partial charge is 0.409 e. The number of aromatic nitrogens is 2. The molecule has 1 aliphatic carbocycles. The summed E-state index contributed by atoms with van der Waals surface area (Å²) in [6, 6.07) is 4.73. The zero-order valence-electron chi connectivity index (χ0n) is 16.4. The number of anilines is 1. The summed E-state index contributed by atoms with van der Waals surface area (Å²) >= 11 is 0. The Balaban J connectivity index is 1.53. The summed E-state index contributed by atoms with van der Waals surface area (Å²) in [5.41, 5.74) is 1.09. The van der Waals surface area contributed by atoms with Gasteiger partial charge >= 0.3 is 6.09 Å². The second kappa shape index (κ2) is 9.02. The van der Waals surface area contributed by atoms with Crippen molar-refractivity contribution >= 4 is 17.8 Å². The molecule has 29 heavy (non-hydrogen) atoms. The first-order valence-electron chi connectivity index (χ1n) is 9.56. The third-order valence-corrected chi connectivity index (χ3v) is 5.03. The van der Waals surface area contributed by atoms with Crippen LogP contribution in [0.3, 0.4) is 0 Å². The van der Waals surface area contributed by atoms with Gasteiger partial charge in [-0.3, -0.25) is 9.89 Å². The van der Waals surface area contributed by atoms with E-state index in [0.717, 1.165) is 36.7 Å². The van der Waals surface area contributed by atoms with Gasteiger partial charge < -0.3 is 15.0 Å². The summed E-state index contributed by atoms with van der Waals surface area (Å²) in [7, 11) is 1.69. The Morgan fingerprint density at radius 2 is 1.97 bits per heavy atom. The first-order valence-corrected chi connectivity index (χ1v) is 9.56. The van der Waals surface area contributed by atoms with Gasteiger partial charge in [0.05, 0.1) is 6.42 Å². The van der Waals surface area contributed by atoms with Crippen LogP contribution in [0.4, 0.5) is 19.4 Å². The molecule has 0 radical (unpaired) electrons. The summed E-state index contributed by atoms with van der Waals surface area (Å²) in [4.78, 5) is 25.5. The second-order valence-corrected chi connectivity index (χ2v) is 7.24. The van der Waals surface area contributed by atoms with Gasteiger partial charge in [0.1, 0.15) is 17.7 Å². The van der Waals surface area contributed by atoms with E-state index in [-0.39, 0.29) is 30.1 Å². The van der Waals surface area contributed by atoms with Crippen molar-refractivity contribution in [2.75, 3.05) is 18.9 Å². The lowest BCUT2D eigenvalue weighted by atomic mass is 10.0. The molecule has 1 saturated carbocycles. The standard InChI is InChI=1S/C20H24F2N4O3/c1-3-26(2)20(28)29-16-5-4-13(9-16)17-11-18(25-24-17)23-19(27)8-12-6-14(21)10-15(22)7-12/h6-7,10-11,13,16H,3-5,8-9H2,1-2H3,(H2,23,24,25,27). The number of carbonyl (C=O) groups is 2. The van der Waals surface area contributed by atoms with Gasteiger partial charge in [-0.05, 0) is 43.9 Å². The molecule has 7 nitrogen and oxygen atoms in total. The molecular formula is C20H24F2N4O3. The van der Waals surface area contributed by atoms with Crippen molar-refractivity contribution in [1.29, 1.82) is 0 Å². The summed E-state index contributed by atoms with van der Waals surface area (Å²) in [5.74, 6) is -1.38. The van der Waals surface area contributed by atoms with E-state index in [0.29, 0.717) is 18.8 Å². The number of nitrogens with one attached hydrogen (secondary N) is 2. The molecule has 2 unspecified atom stereocenters. The highest BCUT2D eigenvalue weighted by Gasteiger charge is 2.30. The van der Waals surface area contributed by atoms with E-state index >= 15 is 0 Å². The fourth-order valence-electron chi connectivity index (χ4n) is 3.39. The van der Waals surface area contributed by atoms with Crippen molar-refractivity contribution in [2.45, 2.75) is 44.6 Å². The van der Waals surface area contributed by atoms with Crippen molar-refractivity contribution in [3.05, 3.63) is 47.2 Å². The molecule has 0 spiro atoms. The largest absolute Gasteiger partial charge is 0.446 e. The van der Waals surface area contributed by atoms with Crippen LogP contribution >= 0.6 is 0 Å². The van der Waals surface area contributed by atoms with E-state index < -0.39 is 17.5 Å². The minimum atomic E-state index is -0.725. The minimum Gasteiger partial charge on any atom is -0.446 e. The molecular weight excluding hydrogens is 382 g/mol. The van der Waals surface area contributed by atoms with Crippen LogP contribution in [0.5, 0.6) is 0 Å². The fourth-order valence-corrected chi connectivity index (χ4v) is 3.39. The number of rotatable bonds is 6. The Kier molecular flexibility index (Phi) is 6.46. The average molecular weight is 406 g/mol. The lowest BCUT2D eigenvalue weighted by Crippen LogP contribution is -2.30. The fraction of sp³-hybridized carbons (Fsp3) is 0.450. The van der Waals surface area contributed by atoms with E-state index in [4.69, 9.17) is 4.74 Å². The number of hydrogen-bond acceptors (Lipinski definition) is 4. The normalized spacial score (nSPS) is 18.5. The zero-order valence-corrected chi connectivity index (χ0v) is 16.4. The predicted molar refractivity (Wildman–Crippen MR) is 102 cm³/mol. The average Bonchev–Trinajstić information content (AvgIpc) is 3.29. The van der Waals surface area contributed by atoms with E-state index in [9.17, 15) is 18.4 Å². The maximum absolute atomic E-state index is 13.2. The number of benzene rings is 1. The highest BCUT2D eigenvalue weighted by atomic mass is 19.1. The lowest BCUT2D eigenvalue weighted by Gasteiger charge is -2.18. The maximum Gasteiger partial charge on any atom is 0.409 e. The topological polar surface area (TPSA) is 87.3 Å². The van der Waals surface area contributed by atoms with Crippen molar-refractivity contribution in [2.24, 2.45) is 0 Å². The van der Waals surface area contributed by atoms with Crippen LogP contribution in [0.15, 0.2) is 24.3 Å². The number of H-pyrrole nitrogens is 1. The van der Waals surface area contributed by atoms with Gasteiger partial charge in [0.15, 0.2) is 5.82 Å². The molecule has 3 rings (SSSR count). The third kappa shape index (κ3) is 5.52. The summed E-state index contributed by atoms with van der Waals surface area (Å²) in [6.45, 7) is 2.46. The maximum atomic E-state index is 13.2. The predicted octanol–water partition coefficient (Wildman–Crippen LogP) is 3.59.